The van der Waals surface area contributed by atoms with Crippen LogP contribution in [0.2, 0.25) is 0 Å². The third-order valence-electron chi connectivity index (χ3n) is 2.68. The summed E-state index contributed by atoms with van der Waals surface area (Å²) in [6, 6.07) is 10.0. The van der Waals surface area contributed by atoms with Gasteiger partial charge in [-0.1, -0.05) is 43.7 Å². The van der Waals surface area contributed by atoms with Gasteiger partial charge in [-0.3, -0.25) is 0 Å². The standard InChI is InChI=1S/C14H16BrN3/c1-3-7-11-12(15)14(16-2)18-13(17-11)10-8-5-4-6-9-10/h4-6,8-9H,3,7H2,1-2H3,(H,16,17,18). The van der Waals surface area contributed by atoms with Crippen molar-refractivity contribution >= 4 is 21.7 Å². The van der Waals surface area contributed by atoms with Gasteiger partial charge in [0.15, 0.2) is 5.82 Å². The second kappa shape index (κ2) is 5.96. The molecule has 0 aliphatic heterocycles. The Morgan fingerprint density at radius 1 is 1.17 bits per heavy atom. The number of hydrogen-bond acceptors (Lipinski definition) is 3. The second-order valence-electron chi connectivity index (χ2n) is 4.02. The second-order valence-corrected chi connectivity index (χ2v) is 4.82. The SMILES string of the molecule is CCCc1nc(-c2ccccc2)nc(NC)c1Br. The molecule has 0 atom stereocenters. The van der Waals surface area contributed by atoms with E-state index in [4.69, 9.17) is 0 Å². The number of halogens is 1. The van der Waals surface area contributed by atoms with Crippen molar-refractivity contribution in [2.24, 2.45) is 0 Å². The predicted molar refractivity (Wildman–Crippen MR) is 78.7 cm³/mol. The molecular weight excluding hydrogens is 290 g/mol. The quantitative estimate of drug-likeness (QED) is 0.931. The molecule has 1 aromatic heterocycles. The van der Waals surface area contributed by atoms with Gasteiger partial charge in [0.2, 0.25) is 0 Å². The van der Waals surface area contributed by atoms with Crippen molar-refractivity contribution < 1.29 is 0 Å². The van der Waals surface area contributed by atoms with Crippen LogP contribution in [0.5, 0.6) is 0 Å². The highest BCUT2D eigenvalue weighted by Crippen LogP contribution is 2.27. The van der Waals surface area contributed by atoms with Gasteiger partial charge in [-0.2, -0.15) is 0 Å². The number of aromatic nitrogens is 2. The summed E-state index contributed by atoms with van der Waals surface area (Å²) in [7, 11) is 1.87. The summed E-state index contributed by atoms with van der Waals surface area (Å²) in [5.41, 5.74) is 2.09. The van der Waals surface area contributed by atoms with Crippen molar-refractivity contribution in [2.45, 2.75) is 19.8 Å². The summed E-state index contributed by atoms with van der Waals surface area (Å²) < 4.78 is 0.964. The summed E-state index contributed by atoms with van der Waals surface area (Å²) in [6.45, 7) is 2.15. The fourth-order valence-corrected chi connectivity index (χ4v) is 2.35. The zero-order chi connectivity index (χ0) is 13.0. The Balaban J connectivity index is 2.52. The Bertz CT molecular complexity index is 526. The molecule has 0 amide bonds. The van der Waals surface area contributed by atoms with Crippen LogP contribution in [-0.4, -0.2) is 17.0 Å². The van der Waals surface area contributed by atoms with Crippen LogP contribution in [0.25, 0.3) is 11.4 Å². The maximum atomic E-state index is 4.64. The lowest BCUT2D eigenvalue weighted by Gasteiger charge is -2.10. The van der Waals surface area contributed by atoms with Gasteiger partial charge in [0, 0.05) is 12.6 Å². The maximum absolute atomic E-state index is 4.64. The molecule has 0 radical (unpaired) electrons. The number of anilines is 1. The molecular formula is C14H16BrN3. The minimum atomic E-state index is 0.770. The Morgan fingerprint density at radius 3 is 2.50 bits per heavy atom. The molecule has 18 heavy (non-hydrogen) atoms. The van der Waals surface area contributed by atoms with Gasteiger partial charge in [-0.05, 0) is 22.4 Å². The predicted octanol–water partition coefficient (Wildman–Crippen LogP) is 3.90. The van der Waals surface area contributed by atoms with Gasteiger partial charge >= 0.3 is 0 Å². The maximum Gasteiger partial charge on any atom is 0.161 e. The molecule has 0 aliphatic rings. The minimum Gasteiger partial charge on any atom is -0.372 e. The number of nitrogens with one attached hydrogen (secondary N) is 1. The molecule has 1 heterocycles. The molecule has 0 fully saturated rings. The third kappa shape index (κ3) is 2.70. The average Bonchev–Trinajstić information content (AvgIpc) is 2.42. The molecule has 4 heteroatoms. The van der Waals surface area contributed by atoms with Crippen molar-refractivity contribution in [1.29, 1.82) is 0 Å². The van der Waals surface area contributed by atoms with Crippen LogP contribution in [0.4, 0.5) is 5.82 Å². The van der Waals surface area contributed by atoms with Gasteiger partial charge in [0.05, 0.1) is 10.2 Å². The average molecular weight is 306 g/mol. The highest BCUT2D eigenvalue weighted by atomic mass is 79.9. The van der Waals surface area contributed by atoms with E-state index in [2.05, 4.69) is 38.1 Å². The highest BCUT2D eigenvalue weighted by molar-refractivity contribution is 9.10. The first-order valence-electron chi connectivity index (χ1n) is 6.05. The van der Waals surface area contributed by atoms with E-state index in [-0.39, 0.29) is 0 Å². The van der Waals surface area contributed by atoms with Crippen LogP contribution in [0.1, 0.15) is 19.0 Å². The fourth-order valence-electron chi connectivity index (χ4n) is 1.78. The van der Waals surface area contributed by atoms with Gasteiger partial charge in [0.25, 0.3) is 0 Å². The largest absolute Gasteiger partial charge is 0.372 e. The highest BCUT2D eigenvalue weighted by Gasteiger charge is 2.11. The summed E-state index contributed by atoms with van der Waals surface area (Å²) in [5, 5.41) is 3.11. The topological polar surface area (TPSA) is 37.8 Å². The lowest BCUT2D eigenvalue weighted by Crippen LogP contribution is -2.03. The van der Waals surface area contributed by atoms with E-state index in [0.29, 0.717) is 0 Å². The Morgan fingerprint density at radius 2 is 1.89 bits per heavy atom. The first kappa shape index (κ1) is 13.0. The van der Waals surface area contributed by atoms with Crippen molar-refractivity contribution in [3.05, 3.63) is 40.5 Å². The molecule has 2 rings (SSSR count). The van der Waals surface area contributed by atoms with Crippen molar-refractivity contribution in [3.63, 3.8) is 0 Å². The number of rotatable bonds is 4. The monoisotopic (exact) mass is 305 g/mol. The lowest BCUT2D eigenvalue weighted by atomic mass is 10.2. The molecule has 0 saturated heterocycles. The Labute approximate surface area is 116 Å². The van der Waals surface area contributed by atoms with Crippen LogP contribution in [-0.2, 0) is 6.42 Å². The van der Waals surface area contributed by atoms with Crippen LogP contribution >= 0.6 is 15.9 Å². The lowest BCUT2D eigenvalue weighted by molar-refractivity contribution is 0.869. The van der Waals surface area contributed by atoms with Gasteiger partial charge in [-0.25, -0.2) is 9.97 Å². The summed E-state index contributed by atoms with van der Waals surface area (Å²) in [4.78, 5) is 9.18. The van der Waals surface area contributed by atoms with E-state index < -0.39 is 0 Å². The van der Waals surface area contributed by atoms with E-state index in [1.165, 1.54) is 0 Å². The van der Waals surface area contributed by atoms with Crippen LogP contribution in [0.3, 0.4) is 0 Å². The molecule has 0 unspecified atom stereocenters. The van der Waals surface area contributed by atoms with E-state index in [9.17, 15) is 0 Å². The van der Waals surface area contributed by atoms with Crippen molar-refractivity contribution in [1.82, 2.24) is 9.97 Å². The van der Waals surface area contributed by atoms with Crippen LogP contribution in [0.15, 0.2) is 34.8 Å². The molecule has 94 valence electrons. The molecule has 0 bridgehead atoms. The van der Waals surface area contributed by atoms with Gasteiger partial charge in [0.1, 0.15) is 5.82 Å². The molecule has 0 aliphatic carbocycles. The Hall–Kier alpha value is -1.42. The van der Waals surface area contributed by atoms with Crippen LogP contribution < -0.4 is 5.32 Å². The van der Waals surface area contributed by atoms with Crippen molar-refractivity contribution in [2.75, 3.05) is 12.4 Å². The van der Waals surface area contributed by atoms with E-state index in [1.54, 1.807) is 0 Å². The summed E-state index contributed by atoms with van der Waals surface area (Å²) in [6.07, 6.45) is 2.00. The van der Waals surface area contributed by atoms with E-state index in [1.807, 2.05) is 37.4 Å². The molecule has 0 spiro atoms. The normalized spacial score (nSPS) is 10.4. The first-order chi connectivity index (χ1) is 8.76. The Kier molecular flexibility index (Phi) is 4.31. The first-order valence-corrected chi connectivity index (χ1v) is 6.85. The van der Waals surface area contributed by atoms with Gasteiger partial charge < -0.3 is 5.32 Å². The smallest absolute Gasteiger partial charge is 0.161 e. The number of hydrogen-bond donors (Lipinski definition) is 1. The minimum absolute atomic E-state index is 0.770. The molecule has 1 N–H and O–H groups in total. The summed E-state index contributed by atoms with van der Waals surface area (Å²) in [5.74, 6) is 1.61. The fraction of sp³-hybridized carbons (Fsp3) is 0.286. The molecule has 2 aromatic rings. The van der Waals surface area contributed by atoms with Crippen molar-refractivity contribution in [3.8, 4) is 11.4 Å². The van der Waals surface area contributed by atoms with E-state index in [0.717, 1.165) is 40.2 Å². The van der Waals surface area contributed by atoms with Gasteiger partial charge in [-0.15, -0.1) is 0 Å². The third-order valence-corrected chi connectivity index (χ3v) is 3.51. The molecule has 3 nitrogen and oxygen atoms in total. The van der Waals surface area contributed by atoms with E-state index >= 15 is 0 Å². The zero-order valence-electron chi connectivity index (χ0n) is 10.6. The summed E-state index contributed by atoms with van der Waals surface area (Å²) >= 11 is 3.56. The molecule has 1 aromatic carbocycles. The molecule has 0 saturated carbocycles. The number of aryl methyl sites for hydroxylation is 1. The number of benzene rings is 1. The van der Waals surface area contributed by atoms with Crippen LogP contribution in [0, 0.1) is 0 Å². The zero-order valence-corrected chi connectivity index (χ0v) is 12.2. The number of nitrogens with zero attached hydrogens (tertiary/aromatic N) is 2.